The molecule has 2 atom stereocenters. The Kier molecular flexibility index (Phi) is 7.37. The summed E-state index contributed by atoms with van der Waals surface area (Å²) in [4.78, 5) is 12.8. The van der Waals surface area contributed by atoms with Crippen LogP contribution in [0.25, 0.3) is 0 Å². The van der Waals surface area contributed by atoms with E-state index in [1.165, 1.54) is 30.7 Å². The topological polar surface area (TPSA) is 66.5 Å². The maximum absolute atomic E-state index is 12.8. The Morgan fingerprint density at radius 3 is 2.07 bits per heavy atom. The average molecular weight is 443 g/mol. The molecule has 0 spiro atoms. The Hall–Kier alpha value is -1.76. The van der Waals surface area contributed by atoms with Gasteiger partial charge in [0.2, 0.25) is 15.9 Å². The van der Waals surface area contributed by atoms with Crippen molar-refractivity contribution in [2.75, 3.05) is 10.6 Å². The van der Waals surface area contributed by atoms with Gasteiger partial charge in [0.05, 0.1) is 18.0 Å². The second kappa shape index (κ2) is 9.16. The highest BCUT2D eigenvalue weighted by Gasteiger charge is 2.30. The number of aryl methyl sites for hydroxylation is 1. The third-order valence-corrected chi connectivity index (χ3v) is 6.12. The molecule has 1 amide bonds. The van der Waals surface area contributed by atoms with E-state index in [1.54, 1.807) is 0 Å². The van der Waals surface area contributed by atoms with Gasteiger partial charge in [-0.2, -0.15) is 0 Å². The standard InChI is InChI=1S/C20H24Cl2N2O3S/c1-5-15-6-8-16(9-7-15)13(2)23-20(25)14(3)24(28(4,26)27)19-11-17(21)10-18(22)12-19/h6-14H,5H2,1-4H3,(H,23,25)/t13-,14-/m0/s1. The van der Waals surface area contributed by atoms with Gasteiger partial charge in [0.25, 0.3) is 0 Å². The van der Waals surface area contributed by atoms with Gasteiger partial charge in [-0.3, -0.25) is 9.10 Å². The van der Waals surface area contributed by atoms with Crippen LogP contribution in [0.5, 0.6) is 0 Å². The fraction of sp³-hybridized carbons (Fsp3) is 0.350. The Balaban J connectivity index is 2.25. The summed E-state index contributed by atoms with van der Waals surface area (Å²) in [5.74, 6) is -0.423. The molecule has 0 unspecified atom stereocenters. The molecule has 1 N–H and O–H groups in total. The van der Waals surface area contributed by atoms with Crippen LogP contribution >= 0.6 is 23.2 Å². The van der Waals surface area contributed by atoms with Crippen LogP contribution < -0.4 is 9.62 Å². The lowest BCUT2D eigenvalue weighted by Crippen LogP contribution is -2.48. The van der Waals surface area contributed by atoms with Crippen molar-refractivity contribution in [3.05, 3.63) is 63.6 Å². The summed E-state index contributed by atoms with van der Waals surface area (Å²) in [6.07, 6.45) is 1.97. The quantitative estimate of drug-likeness (QED) is 0.681. The molecular formula is C20H24Cl2N2O3S. The highest BCUT2D eigenvalue weighted by atomic mass is 35.5. The van der Waals surface area contributed by atoms with Crippen molar-refractivity contribution in [3.8, 4) is 0 Å². The average Bonchev–Trinajstić information content (AvgIpc) is 2.59. The van der Waals surface area contributed by atoms with Gasteiger partial charge < -0.3 is 5.32 Å². The molecule has 0 heterocycles. The third kappa shape index (κ3) is 5.63. The van der Waals surface area contributed by atoms with Gasteiger partial charge in [-0.25, -0.2) is 8.42 Å². The number of carbonyl (C=O) groups excluding carboxylic acids is 1. The minimum absolute atomic E-state index is 0.239. The van der Waals surface area contributed by atoms with E-state index in [-0.39, 0.29) is 21.8 Å². The lowest BCUT2D eigenvalue weighted by molar-refractivity contribution is -0.122. The Morgan fingerprint density at radius 2 is 1.61 bits per heavy atom. The zero-order chi connectivity index (χ0) is 21.1. The van der Waals surface area contributed by atoms with Gasteiger partial charge in [0, 0.05) is 10.0 Å². The highest BCUT2D eigenvalue weighted by molar-refractivity contribution is 7.92. The Labute approximate surface area is 176 Å². The predicted octanol–water partition coefficient (Wildman–Crippen LogP) is 4.59. The molecule has 0 aliphatic heterocycles. The number of carbonyl (C=O) groups is 1. The van der Waals surface area contributed by atoms with E-state index >= 15 is 0 Å². The summed E-state index contributed by atoms with van der Waals surface area (Å²) >= 11 is 12.0. The van der Waals surface area contributed by atoms with E-state index in [0.717, 1.165) is 22.5 Å². The molecular weight excluding hydrogens is 419 g/mol. The first-order valence-corrected chi connectivity index (χ1v) is 11.5. The first-order chi connectivity index (χ1) is 13.0. The first kappa shape index (κ1) is 22.5. The van der Waals surface area contributed by atoms with Crippen molar-refractivity contribution in [1.29, 1.82) is 0 Å². The van der Waals surface area contributed by atoms with Crippen LogP contribution in [0.2, 0.25) is 10.0 Å². The zero-order valence-corrected chi connectivity index (χ0v) is 18.6. The molecule has 0 saturated heterocycles. The van der Waals surface area contributed by atoms with Crippen LogP contribution in [0.15, 0.2) is 42.5 Å². The number of hydrogen-bond acceptors (Lipinski definition) is 3. The van der Waals surface area contributed by atoms with Crippen LogP contribution in [0.4, 0.5) is 5.69 Å². The SMILES string of the molecule is CCc1ccc([C@H](C)NC(=O)[C@H](C)N(c2cc(Cl)cc(Cl)c2)S(C)(=O)=O)cc1. The lowest BCUT2D eigenvalue weighted by Gasteiger charge is -2.29. The normalized spacial score (nSPS) is 13.6. The van der Waals surface area contributed by atoms with Crippen LogP contribution in [0.3, 0.4) is 0 Å². The summed E-state index contributed by atoms with van der Waals surface area (Å²) < 4.78 is 25.8. The monoisotopic (exact) mass is 442 g/mol. The maximum Gasteiger partial charge on any atom is 0.244 e. The first-order valence-electron chi connectivity index (χ1n) is 8.87. The summed E-state index contributed by atoms with van der Waals surface area (Å²) in [6.45, 7) is 5.45. The van der Waals surface area contributed by atoms with Crippen molar-refractivity contribution >= 4 is 44.8 Å². The van der Waals surface area contributed by atoms with Crippen LogP contribution in [-0.2, 0) is 21.2 Å². The Morgan fingerprint density at radius 1 is 1.07 bits per heavy atom. The van der Waals surface area contributed by atoms with Crippen molar-refractivity contribution < 1.29 is 13.2 Å². The van der Waals surface area contributed by atoms with Gasteiger partial charge in [-0.05, 0) is 49.6 Å². The molecule has 2 aromatic rings. The van der Waals surface area contributed by atoms with Crippen molar-refractivity contribution in [2.24, 2.45) is 0 Å². The maximum atomic E-state index is 12.8. The molecule has 2 aromatic carbocycles. The van der Waals surface area contributed by atoms with Gasteiger partial charge >= 0.3 is 0 Å². The van der Waals surface area contributed by atoms with Crippen molar-refractivity contribution in [2.45, 2.75) is 39.3 Å². The molecule has 0 radical (unpaired) electrons. The van der Waals surface area contributed by atoms with E-state index in [9.17, 15) is 13.2 Å². The largest absolute Gasteiger partial charge is 0.348 e. The number of halogens is 2. The molecule has 0 bridgehead atoms. The molecule has 0 saturated carbocycles. The number of sulfonamides is 1. The summed E-state index contributed by atoms with van der Waals surface area (Å²) in [5.41, 5.74) is 2.38. The Bertz CT molecular complexity index is 926. The summed E-state index contributed by atoms with van der Waals surface area (Å²) in [6, 6.07) is 11.1. The highest BCUT2D eigenvalue weighted by Crippen LogP contribution is 2.29. The van der Waals surface area contributed by atoms with Crippen LogP contribution in [0.1, 0.15) is 37.9 Å². The van der Waals surface area contributed by atoms with Gasteiger partial charge in [0.1, 0.15) is 6.04 Å². The predicted molar refractivity (Wildman–Crippen MR) is 116 cm³/mol. The number of hydrogen-bond donors (Lipinski definition) is 1. The van der Waals surface area contributed by atoms with E-state index in [4.69, 9.17) is 23.2 Å². The summed E-state index contributed by atoms with van der Waals surface area (Å²) in [7, 11) is -3.75. The second-order valence-electron chi connectivity index (χ2n) is 6.69. The number of nitrogens with one attached hydrogen (secondary N) is 1. The van der Waals surface area contributed by atoms with E-state index in [2.05, 4.69) is 12.2 Å². The second-order valence-corrected chi connectivity index (χ2v) is 9.42. The molecule has 0 aromatic heterocycles. The molecule has 152 valence electrons. The molecule has 0 fully saturated rings. The number of rotatable bonds is 7. The molecule has 0 aliphatic carbocycles. The number of anilines is 1. The molecule has 5 nitrogen and oxygen atoms in total. The molecule has 2 rings (SSSR count). The lowest BCUT2D eigenvalue weighted by atomic mass is 10.0. The zero-order valence-electron chi connectivity index (χ0n) is 16.2. The van der Waals surface area contributed by atoms with Crippen LogP contribution in [-0.4, -0.2) is 26.6 Å². The molecule has 8 heteroatoms. The minimum Gasteiger partial charge on any atom is -0.348 e. The molecule has 0 aliphatic rings. The van der Waals surface area contributed by atoms with Gasteiger partial charge in [-0.15, -0.1) is 0 Å². The fourth-order valence-corrected chi connectivity index (χ4v) is 4.61. The number of nitrogens with zero attached hydrogens (tertiary/aromatic N) is 1. The minimum atomic E-state index is -3.75. The third-order valence-electron chi connectivity index (χ3n) is 4.44. The van der Waals surface area contributed by atoms with E-state index in [0.29, 0.717) is 0 Å². The van der Waals surface area contributed by atoms with Crippen molar-refractivity contribution in [1.82, 2.24) is 5.32 Å². The molecule has 28 heavy (non-hydrogen) atoms. The van der Waals surface area contributed by atoms with Gasteiger partial charge in [0.15, 0.2) is 0 Å². The van der Waals surface area contributed by atoms with Crippen molar-refractivity contribution in [3.63, 3.8) is 0 Å². The van der Waals surface area contributed by atoms with Gasteiger partial charge in [-0.1, -0.05) is 54.4 Å². The smallest absolute Gasteiger partial charge is 0.244 e. The number of amides is 1. The van der Waals surface area contributed by atoms with E-state index in [1.807, 2.05) is 31.2 Å². The summed E-state index contributed by atoms with van der Waals surface area (Å²) in [5, 5.41) is 3.44. The van der Waals surface area contributed by atoms with Crippen LogP contribution in [0, 0.1) is 0 Å². The number of benzene rings is 2. The fourth-order valence-electron chi connectivity index (χ4n) is 2.93. The van der Waals surface area contributed by atoms with E-state index < -0.39 is 22.0 Å².